The van der Waals surface area contributed by atoms with Crippen molar-refractivity contribution in [2.45, 2.75) is 6.42 Å². The third-order valence-electron chi connectivity index (χ3n) is 3.41. The van der Waals surface area contributed by atoms with Crippen LogP contribution in [0.5, 0.6) is 5.75 Å². The molecule has 6 nitrogen and oxygen atoms in total. The minimum atomic E-state index is -0.0449. The minimum Gasteiger partial charge on any atom is -0.481 e. The van der Waals surface area contributed by atoms with Crippen LogP contribution in [-0.4, -0.2) is 28.6 Å². The maximum absolute atomic E-state index is 12.0. The van der Waals surface area contributed by atoms with Crippen molar-refractivity contribution in [2.75, 3.05) is 23.8 Å². The first-order valence-corrected chi connectivity index (χ1v) is 6.44. The average Bonchev–Trinajstić information content (AvgIpc) is 2.83. The number of carbonyl (C=O) groups is 1. The number of nitrogen functional groups attached to an aromatic ring is 1. The third kappa shape index (κ3) is 2.20. The van der Waals surface area contributed by atoms with Gasteiger partial charge in [0.25, 0.3) is 5.91 Å². The van der Waals surface area contributed by atoms with Crippen LogP contribution in [0.25, 0.3) is 0 Å². The largest absolute Gasteiger partial charge is 0.481 e. The Kier molecular flexibility index (Phi) is 3.06. The lowest BCUT2D eigenvalue weighted by atomic mass is 10.2. The maximum atomic E-state index is 12.0. The van der Waals surface area contributed by atoms with Gasteiger partial charge < -0.3 is 19.9 Å². The van der Waals surface area contributed by atoms with Gasteiger partial charge in [-0.05, 0) is 12.1 Å². The predicted octanol–water partition coefficient (Wildman–Crippen LogP) is 0.970. The fourth-order valence-corrected chi connectivity index (χ4v) is 2.32. The summed E-state index contributed by atoms with van der Waals surface area (Å²) in [5, 5.41) is 0. The van der Waals surface area contributed by atoms with Gasteiger partial charge in [0.1, 0.15) is 11.6 Å². The molecule has 0 atom stereocenters. The molecule has 20 heavy (non-hydrogen) atoms. The molecule has 1 aromatic carbocycles. The zero-order valence-electron chi connectivity index (χ0n) is 11.2. The first-order chi connectivity index (χ1) is 9.65. The molecular formula is C14H16N4O2. The molecule has 1 aliphatic rings. The number of fused-ring (bicyclic) bond motifs is 1. The quantitative estimate of drug-likeness (QED) is 0.845. The summed E-state index contributed by atoms with van der Waals surface area (Å²) in [6.45, 7) is 0.626. The van der Waals surface area contributed by atoms with E-state index in [4.69, 9.17) is 10.5 Å². The highest BCUT2D eigenvalue weighted by atomic mass is 16.5. The van der Waals surface area contributed by atoms with Gasteiger partial charge in [-0.15, -0.1) is 0 Å². The second-order valence-corrected chi connectivity index (χ2v) is 4.77. The van der Waals surface area contributed by atoms with Crippen molar-refractivity contribution < 1.29 is 9.53 Å². The molecule has 6 heteroatoms. The summed E-state index contributed by atoms with van der Waals surface area (Å²) in [4.78, 5) is 18.0. The van der Waals surface area contributed by atoms with Gasteiger partial charge in [0.05, 0.1) is 5.69 Å². The van der Waals surface area contributed by atoms with Crippen LogP contribution in [0.3, 0.4) is 0 Å². The zero-order valence-corrected chi connectivity index (χ0v) is 11.2. The highest BCUT2D eigenvalue weighted by Crippen LogP contribution is 2.33. The number of rotatable bonds is 3. The van der Waals surface area contributed by atoms with Crippen LogP contribution in [0, 0.1) is 0 Å². The molecule has 0 saturated carbocycles. The monoisotopic (exact) mass is 272 g/mol. The van der Waals surface area contributed by atoms with Gasteiger partial charge in [-0.25, -0.2) is 4.98 Å². The maximum Gasteiger partial charge on any atom is 0.265 e. The number of carbonyl (C=O) groups excluding carboxylic acids is 1. The Morgan fingerprint density at radius 2 is 2.30 bits per heavy atom. The van der Waals surface area contributed by atoms with Crippen molar-refractivity contribution in [1.29, 1.82) is 0 Å². The van der Waals surface area contributed by atoms with Crippen LogP contribution in [0.15, 0.2) is 30.6 Å². The molecular weight excluding hydrogens is 256 g/mol. The highest BCUT2D eigenvalue weighted by Gasteiger charge is 2.25. The number of anilines is 2. The number of hydrogen-bond donors (Lipinski definition) is 1. The molecule has 104 valence electrons. The van der Waals surface area contributed by atoms with Crippen molar-refractivity contribution >= 4 is 17.3 Å². The first-order valence-electron chi connectivity index (χ1n) is 6.44. The topological polar surface area (TPSA) is 73.4 Å². The van der Waals surface area contributed by atoms with E-state index in [1.165, 1.54) is 0 Å². The van der Waals surface area contributed by atoms with Gasteiger partial charge in [0, 0.05) is 44.2 Å². The lowest BCUT2D eigenvalue weighted by Crippen LogP contribution is -2.40. The summed E-state index contributed by atoms with van der Waals surface area (Å²) in [7, 11) is 1.94. The average molecular weight is 272 g/mol. The Bertz CT molecular complexity index is 650. The SMILES string of the molecule is Cn1ccnc1CCN1C(=O)COc2cc(N)ccc21. The first kappa shape index (κ1) is 12.5. The van der Waals surface area contributed by atoms with Gasteiger partial charge in [-0.1, -0.05) is 0 Å². The van der Waals surface area contributed by atoms with E-state index in [0.29, 0.717) is 24.4 Å². The molecule has 0 unspecified atom stereocenters. The van der Waals surface area contributed by atoms with Gasteiger partial charge in [0.15, 0.2) is 6.61 Å². The molecule has 0 bridgehead atoms. The number of imidazole rings is 1. The molecule has 0 radical (unpaired) electrons. The Balaban J connectivity index is 1.82. The summed E-state index contributed by atoms with van der Waals surface area (Å²) in [6.07, 6.45) is 4.34. The van der Waals surface area contributed by atoms with E-state index in [1.807, 2.05) is 23.9 Å². The molecule has 0 fully saturated rings. The standard InChI is InChI=1S/C14H16N4O2/c1-17-7-5-16-13(17)4-6-18-11-3-2-10(15)8-12(11)20-9-14(18)19/h2-3,5,7-8H,4,6,9,15H2,1H3. The van der Waals surface area contributed by atoms with Crippen LogP contribution >= 0.6 is 0 Å². The lowest BCUT2D eigenvalue weighted by molar-refractivity contribution is -0.121. The Morgan fingerprint density at radius 3 is 3.05 bits per heavy atom. The van der Waals surface area contributed by atoms with E-state index >= 15 is 0 Å². The molecule has 2 aromatic rings. The van der Waals surface area contributed by atoms with Gasteiger partial charge >= 0.3 is 0 Å². The molecule has 1 aliphatic heterocycles. The molecule has 2 heterocycles. The van der Waals surface area contributed by atoms with Gasteiger partial charge in [-0.3, -0.25) is 4.79 Å². The van der Waals surface area contributed by atoms with E-state index in [1.54, 1.807) is 23.2 Å². The minimum absolute atomic E-state index is 0.0449. The molecule has 0 saturated heterocycles. The fourth-order valence-electron chi connectivity index (χ4n) is 2.32. The predicted molar refractivity (Wildman–Crippen MR) is 75.6 cm³/mol. The molecule has 0 spiro atoms. The normalized spacial score (nSPS) is 14.1. The molecule has 0 aliphatic carbocycles. The smallest absolute Gasteiger partial charge is 0.265 e. The Hall–Kier alpha value is -2.50. The van der Waals surface area contributed by atoms with Gasteiger partial charge in [-0.2, -0.15) is 0 Å². The second kappa shape index (κ2) is 4.88. The Labute approximate surface area is 116 Å². The van der Waals surface area contributed by atoms with Crippen molar-refractivity contribution in [1.82, 2.24) is 9.55 Å². The van der Waals surface area contributed by atoms with Crippen molar-refractivity contribution in [2.24, 2.45) is 7.05 Å². The van der Waals surface area contributed by atoms with E-state index in [9.17, 15) is 4.79 Å². The van der Waals surface area contributed by atoms with Crippen LogP contribution in [-0.2, 0) is 18.3 Å². The van der Waals surface area contributed by atoms with Crippen molar-refractivity contribution in [3.63, 3.8) is 0 Å². The lowest BCUT2D eigenvalue weighted by Gasteiger charge is -2.29. The summed E-state index contributed by atoms with van der Waals surface area (Å²) >= 11 is 0. The number of nitrogens with zero attached hydrogens (tertiary/aromatic N) is 3. The molecule has 3 rings (SSSR count). The van der Waals surface area contributed by atoms with Crippen molar-refractivity contribution in [3.8, 4) is 5.75 Å². The van der Waals surface area contributed by atoms with Gasteiger partial charge in [0.2, 0.25) is 0 Å². The fraction of sp³-hybridized carbons (Fsp3) is 0.286. The third-order valence-corrected chi connectivity index (χ3v) is 3.41. The van der Waals surface area contributed by atoms with Crippen LogP contribution in [0.2, 0.25) is 0 Å². The number of amides is 1. The number of nitrogens with two attached hydrogens (primary N) is 1. The van der Waals surface area contributed by atoms with Crippen molar-refractivity contribution in [3.05, 3.63) is 36.4 Å². The molecule has 1 aromatic heterocycles. The van der Waals surface area contributed by atoms with Crippen LogP contribution in [0.1, 0.15) is 5.82 Å². The number of aromatic nitrogens is 2. The summed E-state index contributed by atoms with van der Waals surface area (Å²) in [6, 6.07) is 5.34. The van der Waals surface area contributed by atoms with Crippen LogP contribution in [0.4, 0.5) is 11.4 Å². The van der Waals surface area contributed by atoms with E-state index in [0.717, 1.165) is 11.5 Å². The second-order valence-electron chi connectivity index (χ2n) is 4.77. The number of ether oxygens (including phenoxy) is 1. The van der Waals surface area contributed by atoms with E-state index in [2.05, 4.69) is 4.98 Å². The highest BCUT2D eigenvalue weighted by molar-refractivity contribution is 5.98. The van der Waals surface area contributed by atoms with Crippen LogP contribution < -0.4 is 15.4 Å². The zero-order chi connectivity index (χ0) is 14.1. The molecule has 1 amide bonds. The Morgan fingerprint density at radius 1 is 1.45 bits per heavy atom. The summed E-state index contributed by atoms with van der Waals surface area (Å²) in [5.41, 5.74) is 7.13. The number of hydrogen-bond acceptors (Lipinski definition) is 4. The molecule has 2 N–H and O–H groups in total. The summed E-state index contributed by atoms with van der Waals surface area (Å²) < 4.78 is 7.37. The van der Waals surface area contributed by atoms with E-state index in [-0.39, 0.29) is 12.5 Å². The number of aryl methyl sites for hydroxylation is 1. The van der Waals surface area contributed by atoms with E-state index < -0.39 is 0 Å². The number of benzene rings is 1. The summed E-state index contributed by atoms with van der Waals surface area (Å²) in [5.74, 6) is 1.56.